The number of aryl methyl sites for hydroxylation is 1. The van der Waals surface area contributed by atoms with Crippen molar-refractivity contribution in [3.8, 4) is 0 Å². The maximum atomic E-state index is 13.4. The van der Waals surface area contributed by atoms with Gasteiger partial charge >= 0.3 is 0 Å². The molecule has 32 heavy (non-hydrogen) atoms. The van der Waals surface area contributed by atoms with E-state index in [1.165, 1.54) is 4.90 Å². The Hall–Kier alpha value is -2.58. The van der Waals surface area contributed by atoms with Crippen molar-refractivity contribution >= 4 is 39.1 Å². The number of carbonyl (C=O) groups is 2. The number of benzene rings is 2. The first kappa shape index (κ1) is 25.7. The highest BCUT2D eigenvalue weighted by atomic mass is 35.5. The molecule has 2 aromatic rings. The lowest BCUT2D eigenvalue weighted by molar-refractivity contribution is -0.139. The number of sulfonamides is 1. The smallest absolute Gasteiger partial charge is 0.244 e. The second kappa shape index (κ2) is 10.8. The van der Waals surface area contributed by atoms with Gasteiger partial charge in [0.05, 0.1) is 11.9 Å². The number of carbonyl (C=O) groups excluding carboxylic acids is 2. The lowest BCUT2D eigenvalue weighted by Crippen LogP contribution is -2.52. The number of hydrogen-bond acceptors (Lipinski definition) is 4. The molecule has 0 fully saturated rings. The number of anilines is 1. The average Bonchev–Trinajstić information content (AvgIpc) is 2.70. The Bertz CT molecular complexity index is 1060. The third kappa shape index (κ3) is 6.97. The molecule has 7 nitrogen and oxygen atoms in total. The molecule has 2 rings (SSSR count). The summed E-state index contributed by atoms with van der Waals surface area (Å²) < 4.78 is 26.0. The highest BCUT2D eigenvalue weighted by Crippen LogP contribution is 2.21. The standard InChI is InChI=1S/C23H30ClN3O4S/c1-16(2)25-23(29)18(4)26(14-19-8-6-7-9-21(19)24)22(28)15-27(32(5,30)31)20-12-10-17(3)11-13-20/h6-13,16,18H,14-15H2,1-5H3,(H,25,29). The summed E-state index contributed by atoms with van der Waals surface area (Å²) in [5, 5.41) is 3.26. The lowest BCUT2D eigenvalue weighted by Gasteiger charge is -2.32. The summed E-state index contributed by atoms with van der Waals surface area (Å²) in [7, 11) is -3.75. The van der Waals surface area contributed by atoms with Crippen LogP contribution in [0.5, 0.6) is 0 Å². The zero-order chi connectivity index (χ0) is 24.1. The monoisotopic (exact) mass is 479 g/mol. The third-order valence-corrected chi connectivity index (χ3v) is 6.41. The van der Waals surface area contributed by atoms with Gasteiger partial charge in [-0.05, 0) is 51.5 Å². The molecular formula is C23H30ClN3O4S. The van der Waals surface area contributed by atoms with Gasteiger partial charge < -0.3 is 10.2 Å². The largest absolute Gasteiger partial charge is 0.352 e. The maximum absolute atomic E-state index is 13.4. The van der Waals surface area contributed by atoms with Gasteiger partial charge in [0.25, 0.3) is 0 Å². The summed E-state index contributed by atoms with van der Waals surface area (Å²) in [6.07, 6.45) is 1.05. The van der Waals surface area contributed by atoms with E-state index in [0.717, 1.165) is 16.1 Å². The van der Waals surface area contributed by atoms with Gasteiger partial charge in [0.1, 0.15) is 12.6 Å². The fraction of sp³-hybridized carbons (Fsp3) is 0.391. The number of nitrogens with one attached hydrogen (secondary N) is 1. The summed E-state index contributed by atoms with van der Waals surface area (Å²) >= 11 is 6.29. The van der Waals surface area contributed by atoms with E-state index in [1.54, 1.807) is 55.5 Å². The molecule has 1 N–H and O–H groups in total. The second-order valence-electron chi connectivity index (χ2n) is 8.06. The number of rotatable bonds is 9. The molecular weight excluding hydrogens is 450 g/mol. The Labute approximate surface area is 195 Å². The molecule has 0 saturated carbocycles. The van der Waals surface area contributed by atoms with Gasteiger partial charge in [-0.2, -0.15) is 0 Å². The number of nitrogens with zero attached hydrogens (tertiary/aromatic N) is 2. The van der Waals surface area contributed by atoms with Gasteiger partial charge in [0.15, 0.2) is 0 Å². The molecule has 0 radical (unpaired) electrons. The van der Waals surface area contributed by atoms with Crippen molar-refractivity contribution in [2.45, 2.75) is 46.3 Å². The quantitative estimate of drug-likeness (QED) is 0.597. The summed E-state index contributed by atoms with van der Waals surface area (Å²) in [5.74, 6) is -0.844. The third-order valence-electron chi connectivity index (χ3n) is 4.90. The predicted octanol–water partition coefficient (Wildman–Crippen LogP) is 3.36. The summed E-state index contributed by atoms with van der Waals surface area (Å²) in [4.78, 5) is 27.4. The molecule has 0 heterocycles. The lowest BCUT2D eigenvalue weighted by atomic mass is 10.1. The van der Waals surface area contributed by atoms with Crippen molar-refractivity contribution in [1.29, 1.82) is 0 Å². The van der Waals surface area contributed by atoms with E-state index >= 15 is 0 Å². The number of amides is 2. The molecule has 0 aliphatic rings. The first-order valence-corrected chi connectivity index (χ1v) is 12.5. The minimum Gasteiger partial charge on any atom is -0.352 e. The Morgan fingerprint density at radius 3 is 2.16 bits per heavy atom. The fourth-order valence-electron chi connectivity index (χ4n) is 3.12. The van der Waals surface area contributed by atoms with E-state index in [4.69, 9.17) is 11.6 Å². The molecule has 2 amide bonds. The molecule has 0 saturated heterocycles. The minimum absolute atomic E-state index is 0.0662. The van der Waals surface area contributed by atoms with Gasteiger partial charge in [-0.1, -0.05) is 47.5 Å². The van der Waals surface area contributed by atoms with Gasteiger partial charge in [-0.25, -0.2) is 8.42 Å². The van der Waals surface area contributed by atoms with Crippen molar-refractivity contribution in [2.24, 2.45) is 0 Å². The van der Waals surface area contributed by atoms with Gasteiger partial charge in [0.2, 0.25) is 21.8 Å². The van der Waals surface area contributed by atoms with Crippen LogP contribution in [-0.2, 0) is 26.2 Å². The molecule has 0 aromatic heterocycles. The molecule has 0 aliphatic carbocycles. The second-order valence-corrected chi connectivity index (χ2v) is 10.4. The van der Waals surface area contributed by atoms with Crippen LogP contribution in [0.4, 0.5) is 5.69 Å². The molecule has 1 atom stereocenters. The molecule has 0 aliphatic heterocycles. The Balaban J connectivity index is 2.39. The summed E-state index contributed by atoms with van der Waals surface area (Å²) in [6.45, 7) is 6.78. The fourth-order valence-corrected chi connectivity index (χ4v) is 4.17. The van der Waals surface area contributed by atoms with E-state index in [-0.39, 0.29) is 18.5 Å². The molecule has 9 heteroatoms. The van der Waals surface area contributed by atoms with Crippen LogP contribution in [0.3, 0.4) is 0 Å². The Morgan fingerprint density at radius 2 is 1.62 bits per heavy atom. The first-order chi connectivity index (χ1) is 14.9. The van der Waals surface area contributed by atoms with E-state index < -0.39 is 28.5 Å². The Morgan fingerprint density at radius 1 is 1.03 bits per heavy atom. The molecule has 2 aromatic carbocycles. The minimum atomic E-state index is -3.75. The first-order valence-electron chi connectivity index (χ1n) is 10.3. The van der Waals surface area contributed by atoms with Crippen molar-refractivity contribution in [2.75, 3.05) is 17.1 Å². The zero-order valence-corrected chi connectivity index (χ0v) is 20.6. The summed E-state index contributed by atoms with van der Waals surface area (Å²) in [5.41, 5.74) is 2.00. The van der Waals surface area contributed by atoms with Crippen LogP contribution in [0.15, 0.2) is 48.5 Å². The van der Waals surface area contributed by atoms with Crippen molar-refractivity contribution in [1.82, 2.24) is 10.2 Å². The maximum Gasteiger partial charge on any atom is 0.244 e. The summed E-state index contributed by atoms with van der Waals surface area (Å²) in [6, 6.07) is 12.9. The number of halogens is 1. The van der Waals surface area contributed by atoms with Crippen LogP contribution in [0.25, 0.3) is 0 Å². The van der Waals surface area contributed by atoms with Crippen LogP contribution < -0.4 is 9.62 Å². The molecule has 0 bridgehead atoms. The van der Waals surface area contributed by atoms with Crippen molar-refractivity contribution in [3.63, 3.8) is 0 Å². The van der Waals surface area contributed by atoms with Gasteiger partial charge in [-0.15, -0.1) is 0 Å². The SMILES string of the molecule is Cc1ccc(N(CC(=O)N(Cc2ccccc2Cl)C(C)C(=O)NC(C)C)S(C)(=O)=O)cc1. The van der Waals surface area contributed by atoms with Gasteiger partial charge in [-0.3, -0.25) is 13.9 Å². The van der Waals surface area contributed by atoms with Crippen LogP contribution >= 0.6 is 11.6 Å². The van der Waals surface area contributed by atoms with Crippen LogP contribution in [0, 0.1) is 6.92 Å². The Kier molecular flexibility index (Phi) is 8.69. The topological polar surface area (TPSA) is 86.8 Å². The molecule has 174 valence electrons. The predicted molar refractivity (Wildman–Crippen MR) is 128 cm³/mol. The van der Waals surface area contributed by atoms with Crippen LogP contribution in [0.1, 0.15) is 31.9 Å². The van der Waals surface area contributed by atoms with E-state index in [9.17, 15) is 18.0 Å². The molecule has 1 unspecified atom stereocenters. The van der Waals surface area contributed by atoms with Crippen LogP contribution in [0.2, 0.25) is 5.02 Å². The number of hydrogen-bond donors (Lipinski definition) is 1. The van der Waals surface area contributed by atoms with Crippen molar-refractivity contribution < 1.29 is 18.0 Å². The highest BCUT2D eigenvalue weighted by Gasteiger charge is 2.30. The average molecular weight is 480 g/mol. The highest BCUT2D eigenvalue weighted by molar-refractivity contribution is 7.92. The van der Waals surface area contributed by atoms with E-state index in [2.05, 4.69) is 5.32 Å². The van der Waals surface area contributed by atoms with E-state index in [1.807, 2.05) is 20.8 Å². The van der Waals surface area contributed by atoms with Gasteiger partial charge in [0, 0.05) is 17.6 Å². The zero-order valence-electron chi connectivity index (χ0n) is 19.0. The van der Waals surface area contributed by atoms with Crippen LogP contribution in [-0.4, -0.2) is 50.0 Å². The molecule has 0 spiro atoms. The van der Waals surface area contributed by atoms with E-state index in [0.29, 0.717) is 16.3 Å². The normalized spacial score (nSPS) is 12.3. The van der Waals surface area contributed by atoms with Crippen molar-refractivity contribution in [3.05, 3.63) is 64.7 Å².